The number of anilines is 2. The first-order chi connectivity index (χ1) is 13.6. The lowest BCUT2D eigenvalue weighted by Gasteiger charge is -2.32. The molecule has 1 N–H and O–H groups in total. The molecular formula is C23H30ClN3O2. The molecule has 0 spiro atoms. The summed E-state index contributed by atoms with van der Waals surface area (Å²) in [6.07, 6.45) is 0. The zero-order valence-corrected chi connectivity index (χ0v) is 18.7. The van der Waals surface area contributed by atoms with E-state index in [0.29, 0.717) is 28.7 Å². The SMILES string of the molecule is CC(=O)N(Cc1cc(NC(=O)c2ccccc2Cl)ccc1N(C)C)[C@H](C)C(C)C. The molecule has 2 amide bonds. The van der Waals surface area contributed by atoms with E-state index >= 15 is 0 Å². The van der Waals surface area contributed by atoms with Crippen LogP contribution in [0.2, 0.25) is 5.02 Å². The van der Waals surface area contributed by atoms with Crippen LogP contribution in [0.3, 0.4) is 0 Å². The van der Waals surface area contributed by atoms with Crippen LogP contribution in [0, 0.1) is 5.92 Å². The van der Waals surface area contributed by atoms with Crippen LogP contribution in [0.5, 0.6) is 0 Å². The fourth-order valence-corrected chi connectivity index (χ4v) is 3.38. The maximum absolute atomic E-state index is 12.6. The van der Waals surface area contributed by atoms with Crippen LogP contribution in [0.1, 0.15) is 43.6 Å². The fraction of sp³-hybridized carbons (Fsp3) is 0.391. The average Bonchev–Trinajstić information content (AvgIpc) is 2.65. The number of carbonyl (C=O) groups is 2. The van der Waals surface area contributed by atoms with Gasteiger partial charge in [-0.15, -0.1) is 0 Å². The molecule has 0 radical (unpaired) electrons. The van der Waals surface area contributed by atoms with Gasteiger partial charge in [0.25, 0.3) is 5.91 Å². The van der Waals surface area contributed by atoms with Crippen molar-refractivity contribution in [2.45, 2.75) is 40.3 Å². The van der Waals surface area contributed by atoms with Crippen molar-refractivity contribution in [1.29, 1.82) is 0 Å². The number of hydrogen-bond donors (Lipinski definition) is 1. The summed E-state index contributed by atoms with van der Waals surface area (Å²) in [6, 6.07) is 12.8. The summed E-state index contributed by atoms with van der Waals surface area (Å²) < 4.78 is 0. The Bertz CT molecular complexity index is 880. The zero-order valence-electron chi connectivity index (χ0n) is 18.0. The number of halogens is 1. The van der Waals surface area contributed by atoms with Crippen LogP contribution in [-0.4, -0.2) is 36.9 Å². The van der Waals surface area contributed by atoms with E-state index in [1.807, 2.05) is 42.1 Å². The minimum atomic E-state index is -0.266. The quantitative estimate of drug-likeness (QED) is 0.688. The van der Waals surface area contributed by atoms with Crippen LogP contribution in [0.4, 0.5) is 11.4 Å². The number of nitrogens with one attached hydrogen (secondary N) is 1. The van der Waals surface area contributed by atoms with Crippen LogP contribution >= 0.6 is 11.6 Å². The molecule has 6 heteroatoms. The number of nitrogens with zero attached hydrogens (tertiary/aromatic N) is 2. The van der Waals surface area contributed by atoms with E-state index in [1.165, 1.54) is 0 Å². The van der Waals surface area contributed by atoms with Crippen molar-refractivity contribution in [3.05, 3.63) is 58.6 Å². The molecule has 29 heavy (non-hydrogen) atoms. The zero-order chi connectivity index (χ0) is 21.7. The highest BCUT2D eigenvalue weighted by atomic mass is 35.5. The monoisotopic (exact) mass is 415 g/mol. The maximum atomic E-state index is 12.6. The normalized spacial score (nSPS) is 11.9. The molecule has 156 valence electrons. The van der Waals surface area contributed by atoms with Gasteiger partial charge in [0.2, 0.25) is 5.91 Å². The predicted molar refractivity (Wildman–Crippen MR) is 121 cm³/mol. The van der Waals surface area contributed by atoms with Crippen molar-refractivity contribution in [2.75, 3.05) is 24.3 Å². The lowest BCUT2D eigenvalue weighted by atomic mass is 10.0. The van der Waals surface area contributed by atoms with Crippen molar-refractivity contribution in [2.24, 2.45) is 5.92 Å². The summed E-state index contributed by atoms with van der Waals surface area (Å²) in [4.78, 5) is 28.8. The van der Waals surface area contributed by atoms with Gasteiger partial charge in [-0.2, -0.15) is 0 Å². The molecule has 0 heterocycles. The Balaban J connectivity index is 2.35. The topological polar surface area (TPSA) is 52.7 Å². The second-order valence-corrected chi connectivity index (χ2v) is 8.21. The van der Waals surface area contributed by atoms with Crippen LogP contribution in [-0.2, 0) is 11.3 Å². The standard InChI is InChI=1S/C23H30ClN3O2/c1-15(2)16(3)27(17(4)28)14-18-13-19(11-12-22(18)26(5)6)25-23(29)20-9-7-8-10-21(20)24/h7-13,15-16H,14H2,1-6H3,(H,25,29)/t16-/m1/s1. The average molecular weight is 416 g/mol. The van der Waals surface area contributed by atoms with Crippen molar-refractivity contribution >= 4 is 34.8 Å². The van der Waals surface area contributed by atoms with E-state index < -0.39 is 0 Å². The highest BCUT2D eigenvalue weighted by Crippen LogP contribution is 2.27. The molecule has 0 aliphatic carbocycles. The lowest BCUT2D eigenvalue weighted by molar-refractivity contribution is -0.132. The molecule has 0 aliphatic rings. The molecule has 0 saturated heterocycles. The Labute approximate surface area is 178 Å². The Hall–Kier alpha value is -2.53. The Morgan fingerprint density at radius 2 is 1.72 bits per heavy atom. The molecular weight excluding hydrogens is 386 g/mol. The van der Waals surface area contributed by atoms with Crippen molar-refractivity contribution in [3.63, 3.8) is 0 Å². The molecule has 0 aromatic heterocycles. The summed E-state index contributed by atoms with van der Waals surface area (Å²) >= 11 is 6.14. The molecule has 0 aliphatic heterocycles. The van der Waals surface area contributed by atoms with Gasteiger partial charge in [-0.25, -0.2) is 0 Å². The first kappa shape index (κ1) is 22.8. The molecule has 5 nitrogen and oxygen atoms in total. The van der Waals surface area contributed by atoms with Crippen LogP contribution < -0.4 is 10.2 Å². The highest BCUT2D eigenvalue weighted by molar-refractivity contribution is 6.34. The van der Waals surface area contributed by atoms with Gasteiger partial charge in [-0.3, -0.25) is 9.59 Å². The number of carbonyl (C=O) groups excluding carboxylic acids is 2. The Morgan fingerprint density at radius 3 is 2.28 bits per heavy atom. The summed E-state index contributed by atoms with van der Waals surface area (Å²) in [5, 5.41) is 3.32. The molecule has 2 aromatic carbocycles. The van der Waals surface area contributed by atoms with Gasteiger partial charge in [0.05, 0.1) is 10.6 Å². The number of rotatable bonds is 7. The third kappa shape index (κ3) is 5.73. The van der Waals surface area contributed by atoms with E-state index in [1.54, 1.807) is 31.2 Å². The number of hydrogen-bond acceptors (Lipinski definition) is 3. The highest BCUT2D eigenvalue weighted by Gasteiger charge is 2.22. The van der Waals surface area contributed by atoms with Crippen LogP contribution in [0.25, 0.3) is 0 Å². The third-order valence-corrected chi connectivity index (χ3v) is 5.47. The van der Waals surface area contributed by atoms with E-state index in [2.05, 4.69) is 26.1 Å². The predicted octanol–water partition coefficient (Wildman–Crippen LogP) is 5.05. The largest absolute Gasteiger partial charge is 0.377 e. The summed E-state index contributed by atoms with van der Waals surface area (Å²) in [5.41, 5.74) is 3.06. The molecule has 2 aromatic rings. The Kier molecular flexibility index (Phi) is 7.68. The smallest absolute Gasteiger partial charge is 0.257 e. The van der Waals surface area contributed by atoms with Gasteiger partial charge in [-0.1, -0.05) is 37.6 Å². The van der Waals surface area contributed by atoms with Crippen molar-refractivity contribution < 1.29 is 9.59 Å². The van der Waals surface area contributed by atoms with Gasteiger partial charge < -0.3 is 15.1 Å². The van der Waals surface area contributed by atoms with Gasteiger partial charge in [0.15, 0.2) is 0 Å². The lowest BCUT2D eigenvalue weighted by Crippen LogP contribution is -2.39. The van der Waals surface area contributed by atoms with Crippen molar-refractivity contribution in [1.82, 2.24) is 4.90 Å². The van der Waals surface area contributed by atoms with Gasteiger partial charge >= 0.3 is 0 Å². The summed E-state index contributed by atoms with van der Waals surface area (Å²) in [5.74, 6) is 0.101. The molecule has 0 saturated carbocycles. The van der Waals surface area contributed by atoms with Gasteiger partial charge in [-0.05, 0) is 48.7 Å². The van der Waals surface area contributed by atoms with Crippen LogP contribution in [0.15, 0.2) is 42.5 Å². The van der Waals surface area contributed by atoms with E-state index in [4.69, 9.17) is 11.6 Å². The summed E-state index contributed by atoms with van der Waals surface area (Å²) in [6.45, 7) is 8.33. The maximum Gasteiger partial charge on any atom is 0.257 e. The minimum Gasteiger partial charge on any atom is -0.377 e. The fourth-order valence-electron chi connectivity index (χ4n) is 3.16. The summed E-state index contributed by atoms with van der Waals surface area (Å²) in [7, 11) is 3.93. The van der Waals surface area contributed by atoms with E-state index in [0.717, 1.165) is 11.3 Å². The first-order valence-electron chi connectivity index (χ1n) is 9.75. The first-order valence-corrected chi connectivity index (χ1v) is 10.1. The van der Waals surface area contributed by atoms with Gasteiger partial charge in [0.1, 0.15) is 0 Å². The molecule has 0 fully saturated rings. The minimum absolute atomic E-state index is 0.0291. The molecule has 0 bridgehead atoms. The van der Waals surface area contributed by atoms with Gasteiger partial charge in [0, 0.05) is 45.0 Å². The molecule has 2 rings (SSSR count). The number of amides is 2. The third-order valence-electron chi connectivity index (χ3n) is 5.14. The van der Waals surface area contributed by atoms with Crippen molar-refractivity contribution in [3.8, 4) is 0 Å². The number of benzene rings is 2. The second kappa shape index (κ2) is 9.79. The van der Waals surface area contributed by atoms with E-state index in [-0.39, 0.29) is 17.9 Å². The molecule has 1 atom stereocenters. The molecule has 0 unspecified atom stereocenters. The van der Waals surface area contributed by atoms with E-state index in [9.17, 15) is 9.59 Å². The second-order valence-electron chi connectivity index (χ2n) is 7.80. The Morgan fingerprint density at radius 1 is 1.07 bits per heavy atom.